The van der Waals surface area contributed by atoms with Crippen molar-refractivity contribution in [1.82, 2.24) is 0 Å². The maximum Gasteiger partial charge on any atom is 0.492 e. The number of amides is 2. The smallest absolute Gasteiger partial charge is 0.423 e. The van der Waals surface area contributed by atoms with Gasteiger partial charge in [0.2, 0.25) is 5.91 Å². The predicted octanol–water partition coefficient (Wildman–Crippen LogP) is 2.73. The molecule has 0 spiro atoms. The number of rotatable bonds is 6. The molecule has 0 aromatic heterocycles. The highest BCUT2D eigenvalue weighted by molar-refractivity contribution is 6.62. The van der Waals surface area contributed by atoms with Crippen LogP contribution in [0.2, 0.25) is 0 Å². The van der Waals surface area contributed by atoms with Crippen molar-refractivity contribution in [1.29, 1.82) is 0 Å². The zero-order chi connectivity index (χ0) is 20.9. The molecule has 0 fully saturated rings. The number of benzene rings is 3. The van der Waals surface area contributed by atoms with E-state index < -0.39 is 7.12 Å². The monoisotopic (exact) mass is 400 g/mol. The third kappa shape index (κ3) is 4.59. The Kier molecular flexibility index (Phi) is 5.93. The first-order valence-corrected chi connectivity index (χ1v) is 9.77. The second kappa shape index (κ2) is 8.94. The molecule has 3 aromatic rings. The van der Waals surface area contributed by atoms with Crippen LogP contribution in [0, 0.1) is 0 Å². The molecule has 6 nitrogen and oxygen atoms in total. The Morgan fingerprint density at radius 3 is 2.47 bits per heavy atom. The van der Waals surface area contributed by atoms with Crippen molar-refractivity contribution in [3.05, 3.63) is 89.5 Å². The van der Waals surface area contributed by atoms with E-state index in [-0.39, 0.29) is 18.2 Å². The quantitative estimate of drug-likeness (QED) is 0.556. The molecule has 2 amide bonds. The standard InChI is InChI=1S/C23H21BN2O4/c27-21(13-12-16-8-4-9-18-15-30-24(29)22(16)18)25-19-10-5-11-20(14-19)26-23(28)17-6-2-1-3-7-17/h1-11,14,29H,12-13,15H2,(H,25,27)(H,26,28). The van der Waals surface area contributed by atoms with Crippen LogP contribution < -0.4 is 16.1 Å². The van der Waals surface area contributed by atoms with Gasteiger partial charge in [-0.2, -0.15) is 0 Å². The maximum absolute atomic E-state index is 12.4. The van der Waals surface area contributed by atoms with E-state index in [4.69, 9.17) is 4.65 Å². The lowest BCUT2D eigenvalue weighted by Crippen LogP contribution is -2.31. The highest BCUT2D eigenvalue weighted by Crippen LogP contribution is 2.18. The van der Waals surface area contributed by atoms with Gasteiger partial charge in [0, 0.05) is 23.4 Å². The van der Waals surface area contributed by atoms with E-state index in [1.165, 1.54) is 0 Å². The number of aryl methyl sites for hydroxylation is 1. The van der Waals surface area contributed by atoms with Gasteiger partial charge >= 0.3 is 7.12 Å². The van der Waals surface area contributed by atoms with E-state index in [2.05, 4.69) is 10.6 Å². The van der Waals surface area contributed by atoms with Crippen LogP contribution in [0.3, 0.4) is 0 Å². The number of anilines is 2. The van der Waals surface area contributed by atoms with Crippen molar-refractivity contribution in [2.45, 2.75) is 19.4 Å². The minimum atomic E-state index is -0.927. The Labute approximate surface area is 175 Å². The molecule has 3 N–H and O–H groups in total. The van der Waals surface area contributed by atoms with Crippen molar-refractivity contribution in [3.8, 4) is 0 Å². The van der Waals surface area contributed by atoms with Gasteiger partial charge < -0.3 is 20.3 Å². The first kappa shape index (κ1) is 19.9. The molecule has 0 radical (unpaired) electrons. The summed E-state index contributed by atoms with van der Waals surface area (Å²) in [6.45, 7) is 0.387. The van der Waals surface area contributed by atoms with Crippen molar-refractivity contribution in [3.63, 3.8) is 0 Å². The summed E-state index contributed by atoms with van der Waals surface area (Å²) in [4.78, 5) is 24.7. The Balaban J connectivity index is 1.36. The molecule has 1 aliphatic heterocycles. The summed E-state index contributed by atoms with van der Waals surface area (Å²) in [5.74, 6) is -0.356. The van der Waals surface area contributed by atoms with Crippen LogP contribution in [-0.4, -0.2) is 24.0 Å². The summed E-state index contributed by atoms with van der Waals surface area (Å²) in [5.41, 5.74) is 4.42. The minimum absolute atomic E-state index is 0.146. The van der Waals surface area contributed by atoms with Gasteiger partial charge in [-0.1, -0.05) is 42.5 Å². The Bertz CT molecular complexity index is 1070. The van der Waals surface area contributed by atoms with Gasteiger partial charge in [-0.05, 0) is 53.3 Å². The number of fused-ring (bicyclic) bond motifs is 1. The highest BCUT2D eigenvalue weighted by Gasteiger charge is 2.29. The lowest BCUT2D eigenvalue weighted by atomic mass is 9.75. The number of carbonyl (C=O) groups excluding carboxylic acids is 2. The van der Waals surface area contributed by atoms with Gasteiger partial charge in [-0.15, -0.1) is 0 Å². The van der Waals surface area contributed by atoms with Crippen molar-refractivity contribution in [2.75, 3.05) is 10.6 Å². The molecule has 0 saturated carbocycles. The maximum atomic E-state index is 12.4. The van der Waals surface area contributed by atoms with Crippen LogP contribution in [0.4, 0.5) is 11.4 Å². The average molecular weight is 400 g/mol. The molecule has 1 heterocycles. The minimum Gasteiger partial charge on any atom is -0.423 e. The third-order valence-corrected chi connectivity index (χ3v) is 4.99. The highest BCUT2D eigenvalue weighted by atomic mass is 16.5. The fraction of sp³-hybridized carbons (Fsp3) is 0.130. The zero-order valence-electron chi connectivity index (χ0n) is 16.3. The van der Waals surface area contributed by atoms with Crippen molar-refractivity contribution >= 4 is 35.8 Å². The molecular weight excluding hydrogens is 379 g/mol. The summed E-state index contributed by atoms with van der Waals surface area (Å²) in [7, 11) is -0.927. The van der Waals surface area contributed by atoms with Crippen LogP contribution in [-0.2, 0) is 22.5 Å². The molecule has 3 aromatic carbocycles. The van der Waals surface area contributed by atoms with Gasteiger partial charge in [0.1, 0.15) is 0 Å². The van der Waals surface area contributed by atoms with Crippen molar-refractivity contribution in [2.24, 2.45) is 0 Å². The second-order valence-electron chi connectivity index (χ2n) is 7.10. The SMILES string of the molecule is O=C(CCc1cccc2c1B(O)OC2)Nc1cccc(NC(=O)c2ccccc2)c1. The first-order chi connectivity index (χ1) is 14.6. The zero-order valence-corrected chi connectivity index (χ0v) is 16.3. The summed E-state index contributed by atoms with van der Waals surface area (Å²) < 4.78 is 5.26. The van der Waals surface area contributed by atoms with E-state index in [0.717, 1.165) is 16.6 Å². The molecular formula is C23H21BN2O4. The number of nitrogens with one attached hydrogen (secondary N) is 2. The average Bonchev–Trinajstić information content (AvgIpc) is 3.15. The molecule has 0 unspecified atom stereocenters. The molecule has 0 bridgehead atoms. The fourth-order valence-corrected chi connectivity index (χ4v) is 3.52. The van der Waals surface area contributed by atoms with Gasteiger partial charge in [-0.25, -0.2) is 0 Å². The van der Waals surface area contributed by atoms with Gasteiger partial charge in [0.05, 0.1) is 6.61 Å². The number of carbonyl (C=O) groups is 2. The van der Waals surface area contributed by atoms with E-state index in [1.54, 1.807) is 48.5 Å². The third-order valence-electron chi connectivity index (χ3n) is 4.99. The van der Waals surface area contributed by atoms with E-state index in [9.17, 15) is 14.6 Å². The Morgan fingerprint density at radius 1 is 0.933 bits per heavy atom. The van der Waals surface area contributed by atoms with Gasteiger partial charge in [-0.3, -0.25) is 9.59 Å². The van der Waals surface area contributed by atoms with Crippen LogP contribution in [0.5, 0.6) is 0 Å². The van der Waals surface area contributed by atoms with Crippen LogP contribution in [0.25, 0.3) is 0 Å². The Hall–Kier alpha value is -3.42. The van der Waals surface area contributed by atoms with Gasteiger partial charge in [0.25, 0.3) is 5.91 Å². The summed E-state index contributed by atoms with van der Waals surface area (Å²) in [5, 5.41) is 15.7. The summed E-state index contributed by atoms with van der Waals surface area (Å²) in [6.07, 6.45) is 0.767. The van der Waals surface area contributed by atoms with Crippen LogP contribution in [0.15, 0.2) is 72.8 Å². The molecule has 0 atom stereocenters. The predicted molar refractivity (Wildman–Crippen MR) is 117 cm³/mol. The Morgan fingerprint density at radius 2 is 1.67 bits per heavy atom. The number of hydrogen-bond acceptors (Lipinski definition) is 4. The second-order valence-corrected chi connectivity index (χ2v) is 7.10. The number of hydrogen-bond donors (Lipinski definition) is 3. The van der Waals surface area contributed by atoms with E-state index in [0.29, 0.717) is 30.0 Å². The fourth-order valence-electron chi connectivity index (χ4n) is 3.52. The van der Waals surface area contributed by atoms with Crippen molar-refractivity contribution < 1.29 is 19.3 Å². The molecule has 1 aliphatic rings. The molecule has 30 heavy (non-hydrogen) atoms. The van der Waals surface area contributed by atoms with E-state index in [1.807, 2.05) is 24.3 Å². The molecule has 150 valence electrons. The summed E-state index contributed by atoms with van der Waals surface area (Å²) >= 11 is 0. The lowest BCUT2D eigenvalue weighted by molar-refractivity contribution is -0.116. The molecule has 0 saturated heterocycles. The van der Waals surface area contributed by atoms with Crippen LogP contribution in [0.1, 0.15) is 27.9 Å². The van der Waals surface area contributed by atoms with Crippen LogP contribution >= 0.6 is 0 Å². The topological polar surface area (TPSA) is 87.7 Å². The molecule has 4 rings (SSSR count). The summed E-state index contributed by atoms with van der Waals surface area (Å²) in [6, 6.07) is 21.7. The first-order valence-electron chi connectivity index (χ1n) is 9.77. The van der Waals surface area contributed by atoms with Gasteiger partial charge in [0.15, 0.2) is 0 Å². The largest absolute Gasteiger partial charge is 0.492 e. The lowest BCUT2D eigenvalue weighted by Gasteiger charge is -2.10. The van der Waals surface area contributed by atoms with E-state index >= 15 is 0 Å². The molecule has 0 aliphatic carbocycles. The molecule has 7 heteroatoms. The normalized spacial score (nSPS) is 12.4.